The Balaban J connectivity index is 1.85. The molecule has 0 atom stereocenters. The van der Waals surface area contributed by atoms with Crippen molar-refractivity contribution in [2.45, 2.75) is 0 Å². The Kier molecular flexibility index (Phi) is 5.69. The molecule has 0 aliphatic carbocycles. The summed E-state index contributed by atoms with van der Waals surface area (Å²) in [6.07, 6.45) is 1.52. The van der Waals surface area contributed by atoms with Crippen molar-refractivity contribution in [2.24, 2.45) is 0 Å². The van der Waals surface area contributed by atoms with E-state index in [1.54, 1.807) is 32.4 Å². The predicted molar refractivity (Wildman–Crippen MR) is 104 cm³/mol. The van der Waals surface area contributed by atoms with E-state index in [0.717, 1.165) is 11.3 Å². The van der Waals surface area contributed by atoms with E-state index >= 15 is 0 Å². The lowest BCUT2D eigenvalue weighted by molar-refractivity contribution is 0.355. The molecule has 3 rings (SSSR count). The number of thiazole rings is 1. The number of ether oxygens (including phenoxy) is 2. The largest absolute Gasteiger partial charge is 0.493 e. The molecule has 1 aromatic heterocycles. The topological polar surface area (TPSA) is 67.2 Å². The molecule has 27 heavy (non-hydrogen) atoms. The van der Waals surface area contributed by atoms with Crippen LogP contribution in [-0.4, -0.2) is 19.2 Å². The maximum Gasteiger partial charge on any atom is 0.161 e. The number of hydrogen-bond donors (Lipinski definition) is 1. The van der Waals surface area contributed by atoms with Gasteiger partial charge in [-0.25, -0.2) is 9.37 Å². The molecule has 0 saturated heterocycles. The van der Waals surface area contributed by atoms with Crippen molar-refractivity contribution in [1.29, 1.82) is 5.26 Å². The van der Waals surface area contributed by atoms with Crippen LogP contribution >= 0.6 is 11.3 Å². The third kappa shape index (κ3) is 4.25. The lowest BCUT2D eigenvalue weighted by atomic mass is 10.1. The highest BCUT2D eigenvalue weighted by Gasteiger charge is 2.11. The van der Waals surface area contributed by atoms with Crippen LogP contribution in [0.4, 0.5) is 10.1 Å². The average Bonchev–Trinajstić information content (AvgIpc) is 3.18. The van der Waals surface area contributed by atoms with Gasteiger partial charge in [0.15, 0.2) is 11.5 Å². The van der Waals surface area contributed by atoms with Crippen molar-refractivity contribution in [3.8, 4) is 28.8 Å². The number of hydrogen-bond acceptors (Lipinski definition) is 6. The zero-order valence-electron chi connectivity index (χ0n) is 14.7. The van der Waals surface area contributed by atoms with Crippen molar-refractivity contribution < 1.29 is 13.9 Å². The Morgan fingerprint density at radius 1 is 1.19 bits per heavy atom. The molecule has 2 aromatic carbocycles. The number of methoxy groups -OCH3 is 2. The second kappa shape index (κ2) is 8.34. The molecule has 0 fully saturated rings. The number of anilines is 1. The number of rotatable bonds is 6. The molecular formula is C20H16FN3O2S. The number of benzene rings is 2. The van der Waals surface area contributed by atoms with Gasteiger partial charge in [0.1, 0.15) is 22.5 Å². The van der Waals surface area contributed by atoms with Gasteiger partial charge in [-0.2, -0.15) is 5.26 Å². The molecule has 0 amide bonds. The third-order valence-corrected chi connectivity index (χ3v) is 4.62. The highest BCUT2D eigenvalue weighted by molar-refractivity contribution is 7.11. The summed E-state index contributed by atoms with van der Waals surface area (Å²) < 4.78 is 23.8. The molecule has 136 valence electrons. The molecule has 0 spiro atoms. The summed E-state index contributed by atoms with van der Waals surface area (Å²) in [5, 5.41) is 14.8. The number of nitrogens with one attached hydrogen (secondary N) is 1. The van der Waals surface area contributed by atoms with E-state index in [1.807, 2.05) is 17.5 Å². The molecule has 1 heterocycles. The van der Waals surface area contributed by atoms with Crippen LogP contribution in [0.5, 0.6) is 11.5 Å². The minimum atomic E-state index is -0.350. The number of nitrogens with zero attached hydrogens (tertiary/aromatic N) is 2. The number of nitriles is 1. The van der Waals surface area contributed by atoms with Gasteiger partial charge in [0.25, 0.3) is 0 Å². The van der Waals surface area contributed by atoms with Gasteiger partial charge in [-0.1, -0.05) is 6.07 Å². The Bertz CT molecular complexity index is 1020. The van der Waals surface area contributed by atoms with Gasteiger partial charge >= 0.3 is 0 Å². The summed E-state index contributed by atoms with van der Waals surface area (Å²) in [7, 11) is 3.15. The summed E-state index contributed by atoms with van der Waals surface area (Å²) in [5.74, 6) is 0.888. The molecule has 5 nitrogen and oxygen atoms in total. The minimum Gasteiger partial charge on any atom is -0.493 e. The summed E-state index contributed by atoms with van der Waals surface area (Å²) in [5.41, 5.74) is 2.49. The molecule has 0 aliphatic rings. The van der Waals surface area contributed by atoms with E-state index in [1.165, 1.54) is 29.7 Å². The fourth-order valence-corrected chi connectivity index (χ4v) is 3.20. The molecular weight excluding hydrogens is 365 g/mol. The lowest BCUT2D eigenvalue weighted by Crippen LogP contribution is -1.92. The van der Waals surface area contributed by atoms with Crippen molar-refractivity contribution in [1.82, 2.24) is 4.98 Å². The van der Waals surface area contributed by atoms with Gasteiger partial charge in [-0.3, -0.25) is 0 Å². The molecule has 0 aliphatic heterocycles. The van der Waals surface area contributed by atoms with Crippen LogP contribution in [0.3, 0.4) is 0 Å². The molecule has 0 saturated carbocycles. The molecule has 0 unspecified atom stereocenters. The molecule has 1 N–H and O–H groups in total. The minimum absolute atomic E-state index is 0.350. The zero-order valence-corrected chi connectivity index (χ0v) is 15.5. The van der Waals surface area contributed by atoms with E-state index in [2.05, 4.69) is 16.4 Å². The van der Waals surface area contributed by atoms with Crippen molar-refractivity contribution >= 4 is 22.6 Å². The summed E-state index contributed by atoms with van der Waals surface area (Å²) >= 11 is 1.35. The molecule has 0 bridgehead atoms. The zero-order chi connectivity index (χ0) is 19.2. The molecule has 3 aromatic rings. The van der Waals surface area contributed by atoms with Gasteiger partial charge in [0, 0.05) is 22.8 Å². The maximum atomic E-state index is 13.2. The monoisotopic (exact) mass is 381 g/mol. The first-order valence-electron chi connectivity index (χ1n) is 7.95. The van der Waals surface area contributed by atoms with Crippen LogP contribution in [0, 0.1) is 17.1 Å². The van der Waals surface area contributed by atoms with Crippen LogP contribution in [-0.2, 0) is 0 Å². The van der Waals surface area contributed by atoms with E-state index in [4.69, 9.17) is 9.47 Å². The Hall–Kier alpha value is -3.37. The normalized spacial score (nSPS) is 11.0. The smallest absolute Gasteiger partial charge is 0.161 e. The number of aromatic nitrogens is 1. The fourth-order valence-electron chi connectivity index (χ4n) is 2.40. The summed E-state index contributed by atoms with van der Waals surface area (Å²) in [6, 6.07) is 13.6. The van der Waals surface area contributed by atoms with Crippen molar-refractivity contribution in [3.63, 3.8) is 0 Å². The van der Waals surface area contributed by atoms with Crippen molar-refractivity contribution in [3.05, 3.63) is 64.9 Å². The van der Waals surface area contributed by atoms with E-state index in [0.29, 0.717) is 27.8 Å². The quantitative estimate of drug-likeness (QED) is 0.613. The van der Waals surface area contributed by atoms with E-state index < -0.39 is 0 Å². The summed E-state index contributed by atoms with van der Waals surface area (Å²) in [4.78, 5) is 4.53. The van der Waals surface area contributed by atoms with Crippen LogP contribution in [0.2, 0.25) is 0 Å². The second-order valence-electron chi connectivity index (χ2n) is 5.43. The van der Waals surface area contributed by atoms with Crippen LogP contribution < -0.4 is 14.8 Å². The number of halogens is 1. The van der Waals surface area contributed by atoms with Crippen LogP contribution in [0.1, 0.15) is 5.01 Å². The van der Waals surface area contributed by atoms with Gasteiger partial charge in [0.05, 0.1) is 19.9 Å². The maximum absolute atomic E-state index is 13.2. The Morgan fingerprint density at radius 3 is 2.70 bits per heavy atom. The molecule has 7 heteroatoms. The van der Waals surface area contributed by atoms with E-state index in [-0.39, 0.29) is 5.82 Å². The fraction of sp³-hybridized carbons (Fsp3) is 0.100. The van der Waals surface area contributed by atoms with Crippen molar-refractivity contribution in [2.75, 3.05) is 19.5 Å². The number of allylic oxidation sites excluding steroid dienone is 1. The first kappa shape index (κ1) is 18.4. The Morgan fingerprint density at radius 2 is 2.00 bits per heavy atom. The average molecular weight is 381 g/mol. The van der Waals surface area contributed by atoms with Crippen LogP contribution in [0.25, 0.3) is 16.8 Å². The van der Waals surface area contributed by atoms with Crippen LogP contribution in [0.15, 0.2) is 54.0 Å². The third-order valence-electron chi connectivity index (χ3n) is 3.74. The standard InChI is InChI=1S/C20H16FN3O2S/c1-25-18-7-6-13(8-19(18)26-2)17-12-27-20(24-17)14(10-22)11-23-16-5-3-4-15(21)9-16/h3-9,11-12,23H,1-2H3/b14-11+. The Labute approximate surface area is 160 Å². The highest BCUT2D eigenvalue weighted by Crippen LogP contribution is 2.33. The van der Waals surface area contributed by atoms with Gasteiger partial charge in [0.2, 0.25) is 0 Å². The first-order chi connectivity index (χ1) is 13.1. The van der Waals surface area contributed by atoms with Gasteiger partial charge in [-0.15, -0.1) is 11.3 Å². The lowest BCUT2D eigenvalue weighted by Gasteiger charge is -2.08. The van der Waals surface area contributed by atoms with Gasteiger partial charge in [-0.05, 0) is 36.4 Å². The van der Waals surface area contributed by atoms with Gasteiger partial charge < -0.3 is 14.8 Å². The molecule has 0 radical (unpaired) electrons. The first-order valence-corrected chi connectivity index (χ1v) is 8.83. The van der Waals surface area contributed by atoms with E-state index in [9.17, 15) is 9.65 Å². The summed E-state index contributed by atoms with van der Waals surface area (Å²) in [6.45, 7) is 0. The second-order valence-corrected chi connectivity index (χ2v) is 6.29. The SMILES string of the molecule is COc1ccc(-c2csc(/C(C#N)=C/Nc3cccc(F)c3)n2)cc1OC. The highest BCUT2D eigenvalue weighted by atomic mass is 32.1. The predicted octanol–water partition coefficient (Wildman–Crippen LogP) is 4.94.